The lowest BCUT2D eigenvalue weighted by Gasteiger charge is -2.10. The Morgan fingerprint density at radius 2 is 1.89 bits per heavy atom. The van der Waals surface area contributed by atoms with Crippen molar-refractivity contribution in [3.05, 3.63) is 72.2 Å². The van der Waals surface area contributed by atoms with Gasteiger partial charge in [-0.15, -0.1) is 0 Å². The molecule has 0 fully saturated rings. The predicted molar refractivity (Wildman–Crippen MR) is 109 cm³/mol. The van der Waals surface area contributed by atoms with Crippen molar-refractivity contribution in [2.75, 3.05) is 11.9 Å². The van der Waals surface area contributed by atoms with E-state index in [4.69, 9.17) is 0 Å². The number of carbonyl (C=O) groups is 1. The monoisotopic (exact) mass is 378 g/mol. The van der Waals surface area contributed by atoms with Crippen molar-refractivity contribution >= 4 is 17.4 Å². The van der Waals surface area contributed by atoms with E-state index in [9.17, 15) is 9.18 Å². The Morgan fingerprint density at radius 3 is 2.64 bits per heavy atom. The summed E-state index contributed by atoms with van der Waals surface area (Å²) in [6.07, 6.45) is 2.58. The van der Waals surface area contributed by atoms with Crippen LogP contribution in [0.3, 0.4) is 0 Å². The average molecular weight is 378 g/mol. The molecule has 0 aliphatic carbocycles. The van der Waals surface area contributed by atoms with E-state index in [1.54, 1.807) is 36.5 Å². The normalized spacial score (nSPS) is 10.7. The Balaban J connectivity index is 1.71. The molecule has 3 aromatic rings. The van der Waals surface area contributed by atoms with E-state index in [0.29, 0.717) is 29.7 Å². The molecule has 3 rings (SSSR count). The summed E-state index contributed by atoms with van der Waals surface area (Å²) in [5.41, 5.74) is 2.06. The summed E-state index contributed by atoms with van der Waals surface area (Å²) in [5, 5.41) is 6.12. The Morgan fingerprint density at radius 1 is 1.11 bits per heavy atom. The minimum atomic E-state index is -0.304. The van der Waals surface area contributed by atoms with Crippen LogP contribution in [-0.2, 0) is 0 Å². The van der Waals surface area contributed by atoms with Gasteiger partial charge in [-0.3, -0.25) is 4.79 Å². The van der Waals surface area contributed by atoms with Gasteiger partial charge < -0.3 is 10.6 Å². The quantitative estimate of drug-likeness (QED) is 0.620. The molecule has 0 aliphatic heterocycles. The number of amides is 1. The van der Waals surface area contributed by atoms with Crippen LogP contribution in [0.15, 0.2) is 60.8 Å². The van der Waals surface area contributed by atoms with Crippen LogP contribution in [0.5, 0.6) is 0 Å². The molecule has 2 aromatic carbocycles. The van der Waals surface area contributed by atoms with E-state index in [-0.39, 0.29) is 11.7 Å². The number of nitrogens with zero attached hydrogens (tertiary/aromatic N) is 2. The zero-order valence-electron chi connectivity index (χ0n) is 15.9. The molecule has 6 heteroatoms. The van der Waals surface area contributed by atoms with Gasteiger partial charge in [-0.2, -0.15) is 0 Å². The molecule has 5 nitrogen and oxygen atoms in total. The fourth-order valence-electron chi connectivity index (χ4n) is 2.63. The summed E-state index contributed by atoms with van der Waals surface area (Å²) in [5.74, 6) is 1.22. The molecule has 144 valence electrons. The lowest BCUT2D eigenvalue weighted by molar-refractivity contribution is 0.0952. The number of rotatable bonds is 7. The number of benzene rings is 2. The van der Waals surface area contributed by atoms with Gasteiger partial charge in [-0.1, -0.05) is 19.9 Å². The van der Waals surface area contributed by atoms with Gasteiger partial charge >= 0.3 is 0 Å². The SMILES string of the molecule is CC(C)CCNC(=O)c1cccc(Nc2ccnc(-c3ccc(F)cc3)n2)c1. The summed E-state index contributed by atoms with van der Waals surface area (Å²) < 4.78 is 13.1. The van der Waals surface area contributed by atoms with Crippen LogP contribution in [0.25, 0.3) is 11.4 Å². The highest BCUT2D eigenvalue weighted by Crippen LogP contribution is 2.20. The standard InChI is InChI=1S/C22H23FN4O/c1-15(2)10-12-25-22(28)17-4-3-5-19(14-17)26-20-11-13-24-21(27-20)16-6-8-18(23)9-7-16/h3-9,11,13-15H,10,12H2,1-2H3,(H,25,28)(H,24,26,27). The smallest absolute Gasteiger partial charge is 0.251 e. The molecule has 0 atom stereocenters. The van der Waals surface area contributed by atoms with E-state index in [0.717, 1.165) is 17.7 Å². The van der Waals surface area contributed by atoms with Gasteiger partial charge in [0.2, 0.25) is 0 Å². The van der Waals surface area contributed by atoms with Gasteiger partial charge in [-0.25, -0.2) is 14.4 Å². The first kappa shape index (κ1) is 19.5. The summed E-state index contributed by atoms with van der Waals surface area (Å²) in [6, 6.07) is 15.0. The van der Waals surface area contributed by atoms with E-state index in [1.165, 1.54) is 12.1 Å². The minimum Gasteiger partial charge on any atom is -0.352 e. The summed E-state index contributed by atoms with van der Waals surface area (Å²) in [6.45, 7) is 4.90. The first-order valence-electron chi connectivity index (χ1n) is 9.25. The van der Waals surface area contributed by atoms with Gasteiger partial charge in [0.05, 0.1) is 0 Å². The van der Waals surface area contributed by atoms with Gasteiger partial charge in [0, 0.05) is 29.6 Å². The minimum absolute atomic E-state index is 0.0982. The van der Waals surface area contributed by atoms with Crippen molar-refractivity contribution in [1.82, 2.24) is 15.3 Å². The van der Waals surface area contributed by atoms with Crippen LogP contribution >= 0.6 is 0 Å². The lowest BCUT2D eigenvalue weighted by atomic mass is 10.1. The van der Waals surface area contributed by atoms with Crippen LogP contribution in [-0.4, -0.2) is 22.4 Å². The Bertz CT molecular complexity index is 941. The maximum Gasteiger partial charge on any atom is 0.251 e. The average Bonchev–Trinajstić information content (AvgIpc) is 2.68. The van der Waals surface area contributed by atoms with Crippen molar-refractivity contribution in [1.29, 1.82) is 0 Å². The molecule has 1 amide bonds. The zero-order valence-corrected chi connectivity index (χ0v) is 15.9. The molecule has 0 aliphatic rings. The van der Waals surface area contributed by atoms with Gasteiger partial charge in [0.25, 0.3) is 5.91 Å². The number of carbonyl (C=O) groups excluding carboxylic acids is 1. The third-order valence-corrected chi connectivity index (χ3v) is 4.16. The zero-order chi connectivity index (χ0) is 19.9. The Hall–Kier alpha value is -3.28. The van der Waals surface area contributed by atoms with Crippen molar-refractivity contribution in [3.63, 3.8) is 0 Å². The summed E-state index contributed by atoms with van der Waals surface area (Å²) in [4.78, 5) is 21.0. The summed E-state index contributed by atoms with van der Waals surface area (Å²) in [7, 11) is 0. The van der Waals surface area contributed by atoms with Crippen molar-refractivity contribution in [2.45, 2.75) is 20.3 Å². The maximum atomic E-state index is 13.1. The first-order chi connectivity index (χ1) is 13.5. The number of halogens is 1. The summed E-state index contributed by atoms with van der Waals surface area (Å²) >= 11 is 0. The third kappa shape index (κ3) is 5.36. The molecule has 28 heavy (non-hydrogen) atoms. The second kappa shape index (κ2) is 9.08. The second-order valence-corrected chi connectivity index (χ2v) is 6.92. The van der Waals surface area contributed by atoms with Crippen LogP contribution in [0.1, 0.15) is 30.6 Å². The molecule has 1 aromatic heterocycles. The fraction of sp³-hybridized carbons (Fsp3) is 0.227. The lowest BCUT2D eigenvalue weighted by Crippen LogP contribution is -2.25. The highest BCUT2D eigenvalue weighted by molar-refractivity contribution is 5.95. The van der Waals surface area contributed by atoms with Gasteiger partial charge in [-0.05, 0) is 60.9 Å². The van der Waals surface area contributed by atoms with Gasteiger partial charge in [0.15, 0.2) is 5.82 Å². The molecular formula is C22H23FN4O. The van der Waals surface area contributed by atoms with Crippen LogP contribution < -0.4 is 10.6 Å². The number of aromatic nitrogens is 2. The molecule has 0 bridgehead atoms. The van der Waals surface area contributed by atoms with Crippen LogP contribution in [0.4, 0.5) is 15.9 Å². The van der Waals surface area contributed by atoms with Crippen LogP contribution in [0.2, 0.25) is 0 Å². The number of hydrogen-bond donors (Lipinski definition) is 2. The highest BCUT2D eigenvalue weighted by Gasteiger charge is 2.08. The van der Waals surface area contributed by atoms with Crippen LogP contribution in [0, 0.1) is 11.7 Å². The molecule has 0 unspecified atom stereocenters. The topological polar surface area (TPSA) is 66.9 Å². The van der Waals surface area contributed by atoms with E-state index >= 15 is 0 Å². The predicted octanol–water partition coefficient (Wildman–Crippen LogP) is 4.80. The highest BCUT2D eigenvalue weighted by atomic mass is 19.1. The Labute approximate surface area is 164 Å². The molecule has 1 heterocycles. The van der Waals surface area contributed by atoms with Crippen molar-refractivity contribution in [3.8, 4) is 11.4 Å². The molecule has 0 saturated carbocycles. The number of nitrogens with one attached hydrogen (secondary N) is 2. The molecule has 0 saturated heterocycles. The molecular weight excluding hydrogens is 355 g/mol. The van der Waals surface area contributed by atoms with Crippen molar-refractivity contribution < 1.29 is 9.18 Å². The molecule has 2 N–H and O–H groups in total. The number of hydrogen-bond acceptors (Lipinski definition) is 4. The Kier molecular flexibility index (Phi) is 6.32. The van der Waals surface area contributed by atoms with E-state index < -0.39 is 0 Å². The third-order valence-electron chi connectivity index (χ3n) is 4.16. The van der Waals surface area contributed by atoms with Gasteiger partial charge in [0.1, 0.15) is 11.6 Å². The second-order valence-electron chi connectivity index (χ2n) is 6.92. The number of anilines is 2. The maximum absolute atomic E-state index is 13.1. The molecule has 0 radical (unpaired) electrons. The first-order valence-corrected chi connectivity index (χ1v) is 9.25. The molecule has 0 spiro atoms. The van der Waals surface area contributed by atoms with E-state index in [1.807, 2.05) is 12.1 Å². The largest absolute Gasteiger partial charge is 0.352 e. The van der Waals surface area contributed by atoms with Crippen molar-refractivity contribution in [2.24, 2.45) is 5.92 Å². The fourth-order valence-corrected chi connectivity index (χ4v) is 2.63. The van der Waals surface area contributed by atoms with E-state index in [2.05, 4.69) is 34.4 Å².